The maximum absolute atomic E-state index is 11.3. The minimum absolute atomic E-state index is 0.102. The van der Waals surface area contributed by atoms with Gasteiger partial charge >= 0.3 is 11.9 Å². The number of carboxylic acids is 1. The summed E-state index contributed by atoms with van der Waals surface area (Å²) in [5, 5.41) is 11.0. The number of carbonyl (C=O) groups excluding carboxylic acids is 2. The Kier molecular flexibility index (Phi) is 3.08. The van der Waals surface area contributed by atoms with Crippen LogP contribution in [0.5, 0.6) is 0 Å². The number of nitrogens with one attached hydrogen (secondary N) is 1. The van der Waals surface area contributed by atoms with Crippen molar-refractivity contribution in [3.63, 3.8) is 0 Å². The van der Waals surface area contributed by atoms with Crippen molar-refractivity contribution in [1.82, 2.24) is 5.32 Å². The highest BCUT2D eigenvalue weighted by Crippen LogP contribution is 2.25. The molecule has 1 atom stereocenters. The number of methoxy groups -OCH3 is 1. The minimum atomic E-state index is -1.13. The van der Waals surface area contributed by atoms with Gasteiger partial charge in [0.1, 0.15) is 0 Å². The van der Waals surface area contributed by atoms with Crippen LogP contribution in [-0.4, -0.2) is 30.1 Å². The van der Waals surface area contributed by atoms with Gasteiger partial charge in [-0.25, -0.2) is 4.79 Å². The Balaban J connectivity index is 2.97. The molecular formula is C9H11NO5. The van der Waals surface area contributed by atoms with Gasteiger partial charge in [-0.15, -0.1) is 0 Å². The van der Waals surface area contributed by atoms with Gasteiger partial charge in [-0.2, -0.15) is 0 Å². The fraction of sp³-hybridized carbons (Fsp3) is 0.444. The normalized spacial score (nSPS) is 20.1. The lowest BCUT2D eigenvalue weighted by molar-refractivity contribution is -0.141. The molecule has 1 amide bonds. The summed E-state index contributed by atoms with van der Waals surface area (Å²) in [5.74, 6) is -3.23. The number of aliphatic carboxylic acids is 1. The summed E-state index contributed by atoms with van der Waals surface area (Å²) in [6.07, 6.45) is -0.409. The molecule has 0 bridgehead atoms. The Morgan fingerprint density at radius 3 is 2.60 bits per heavy atom. The first-order chi connectivity index (χ1) is 6.97. The number of hydrogen-bond acceptors (Lipinski definition) is 4. The lowest BCUT2D eigenvalue weighted by Gasteiger charge is -2.07. The summed E-state index contributed by atoms with van der Waals surface area (Å²) in [4.78, 5) is 33.1. The molecule has 1 heterocycles. The van der Waals surface area contributed by atoms with E-state index in [0.717, 1.165) is 0 Å². The molecule has 0 radical (unpaired) electrons. The van der Waals surface area contributed by atoms with Crippen LogP contribution in [-0.2, 0) is 19.1 Å². The molecule has 15 heavy (non-hydrogen) atoms. The molecule has 0 saturated heterocycles. The van der Waals surface area contributed by atoms with E-state index in [1.807, 2.05) is 0 Å². The van der Waals surface area contributed by atoms with Crippen molar-refractivity contribution in [2.45, 2.75) is 13.3 Å². The van der Waals surface area contributed by atoms with Gasteiger partial charge < -0.3 is 15.2 Å². The fourth-order valence-corrected chi connectivity index (χ4v) is 1.51. The third-order valence-corrected chi connectivity index (χ3v) is 2.16. The summed E-state index contributed by atoms with van der Waals surface area (Å²) >= 11 is 0. The second kappa shape index (κ2) is 4.12. The van der Waals surface area contributed by atoms with Gasteiger partial charge in [-0.3, -0.25) is 9.59 Å². The van der Waals surface area contributed by atoms with Crippen molar-refractivity contribution in [2.75, 3.05) is 7.11 Å². The molecule has 0 aliphatic carbocycles. The van der Waals surface area contributed by atoms with E-state index in [1.165, 1.54) is 14.0 Å². The summed E-state index contributed by atoms with van der Waals surface area (Å²) in [7, 11) is 1.18. The second-order valence-electron chi connectivity index (χ2n) is 3.17. The SMILES string of the molecule is COC(=O)C1=C(C)NC(=O)C1CC(=O)O. The third kappa shape index (κ3) is 2.15. The first-order valence-electron chi connectivity index (χ1n) is 4.29. The van der Waals surface area contributed by atoms with E-state index >= 15 is 0 Å². The molecule has 1 rings (SSSR count). The molecule has 2 N–H and O–H groups in total. The zero-order chi connectivity index (χ0) is 11.6. The highest BCUT2D eigenvalue weighted by atomic mass is 16.5. The predicted molar refractivity (Wildman–Crippen MR) is 48.6 cm³/mol. The summed E-state index contributed by atoms with van der Waals surface area (Å²) < 4.78 is 4.48. The number of rotatable bonds is 3. The van der Waals surface area contributed by atoms with Crippen molar-refractivity contribution in [1.29, 1.82) is 0 Å². The Hall–Kier alpha value is -1.85. The van der Waals surface area contributed by atoms with Crippen LogP contribution in [0.1, 0.15) is 13.3 Å². The summed E-state index contributed by atoms with van der Waals surface area (Å²) in [6.45, 7) is 1.53. The molecule has 6 nitrogen and oxygen atoms in total. The highest BCUT2D eigenvalue weighted by molar-refractivity contribution is 6.03. The van der Waals surface area contributed by atoms with Crippen LogP contribution in [0, 0.1) is 5.92 Å². The van der Waals surface area contributed by atoms with Crippen LogP contribution >= 0.6 is 0 Å². The Bertz CT molecular complexity index is 358. The van der Waals surface area contributed by atoms with Gasteiger partial charge in [0.2, 0.25) is 5.91 Å². The maximum atomic E-state index is 11.3. The third-order valence-electron chi connectivity index (χ3n) is 2.16. The van der Waals surface area contributed by atoms with E-state index < -0.39 is 30.2 Å². The monoisotopic (exact) mass is 213 g/mol. The zero-order valence-electron chi connectivity index (χ0n) is 8.36. The second-order valence-corrected chi connectivity index (χ2v) is 3.17. The van der Waals surface area contributed by atoms with Gasteiger partial charge in [0.05, 0.1) is 25.0 Å². The molecule has 0 aromatic rings. The zero-order valence-corrected chi connectivity index (χ0v) is 8.36. The Morgan fingerprint density at radius 2 is 2.13 bits per heavy atom. The van der Waals surface area contributed by atoms with E-state index in [2.05, 4.69) is 10.1 Å². The van der Waals surface area contributed by atoms with Gasteiger partial charge in [-0.1, -0.05) is 0 Å². The molecule has 0 saturated carbocycles. The van der Waals surface area contributed by atoms with Gasteiger partial charge in [-0.05, 0) is 6.92 Å². The molecule has 1 aliphatic rings. The van der Waals surface area contributed by atoms with E-state index in [4.69, 9.17) is 5.11 Å². The first kappa shape index (κ1) is 11.2. The number of carboxylic acid groups (broad SMARTS) is 1. The van der Waals surface area contributed by atoms with E-state index in [0.29, 0.717) is 5.70 Å². The molecule has 6 heteroatoms. The van der Waals surface area contributed by atoms with Crippen LogP contribution in [0.3, 0.4) is 0 Å². The topological polar surface area (TPSA) is 92.7 Å². The number of amides is 1. The van der Waals surface area contributed by atoms with E-state index in [1.54, 1.807) is 0 Å². The van der Waals surface area contributed by atoms with Gasteiger partial charge in [0.25, 0.3) is 0 Å². The average molecular weight is 213 g/mol. The van der Waals surface area contributed by atoms with Gasteiger partial charge in [0.15, 0.2) is 0 Å². The van der Waals surface area contributed by atoms with Crippen LogP contribution in [0.25, 0.3) is 0 Å². The largest absolute Gasteiger partial charge is 0.481 e. The van der Waals surface area contributed by atoms with Crippen LogP contribution in [0.2, 0.25) is 0 Å². The summed E-state index contributed by atoms with van der Waals surface area (Å²) in [6, 6.07) is 0. The molecule has 1 unspecified atom stereocenters. The quantitative estimate of drug-likeness (QED) is 0.625. The number of allylic oxidation sites excluding steroid dienone is 1. The molecule has 0 aromatic carbocycles. The van der Waals surface area contributed by atoms with Crippen LogP contribution < -0.4 is 5.32 Å². The number of carbonyl (C=O) groups is 3. The van der Waals surface area contributed by atoms with Gasteiger partial charge in [0, 0.05) is 5.70 Å². The van der Waals surface area contributed by atoms with Crippen molar-refractivity contribution in [3.05, 3.63) is 11.3 Å². The predicted octanol–water partition coefficient (Wildman–Crippen LogP) is -0.346. The van der Waals surface area contributed by atoms with Crippen LogP contribution in [0.4, 0.5) is 0 Å². The Labute approximate surface area is 85.9 Å². The fourth-order valence-electron chi connectivity index (χ4n) is 1.51. The maximum Gasteiger partial charge on any atom is 0.336 e. The lowest BCUT2D eigenvalue weighted by Crippen LogP contribution is -2.25. The van der Waals surface area contributed by atoms with E-state index in [9.17, 15) is 14.4 Å². The number of esters is 1. The molecule has 1 aliphatic heterocycles. The molecular weight excluding hydrogens is 202 g/mol. The van der Waals surface area contributed by atoms with Crippen molar-refractivity contribution in [2.24, 2.45) is 5.92 Å². The van der Waals surface area contributed by atoms with Crippen molar-refractivity contribution in [3.8, 4) is 0 Å². The molecule has 82 valence electrons. The molecule has 0 spiro atoms. The summed E-state index contributed by atoms with van der Waals surface area (Å²) in [5.41, 5.74) is 0.461. The van der Waals surface area contributed by atoms with Crippen molar-refractivity contribution < 1.29 is 24.2 Å². The smallest absolute Gasteiger partial charge is 0.336 e. The first-order valence-corrected chi connectivity index (χ1v) is 4.29. The number of ether oxygens (including phenoxy) is 1. The minimum Gasteiger partial charge on any atom is -0.481 e. The number of hydrogen-bond donors (Lipinski definition) is 2. The average Bonchev–Trinajstić information content (AvgIpc) is 2.40. The standard InChI is InChI=1S/C9H11NO5/c1-4-7(9(14)15-2)5(3-6(11)12)8(13)10-4/h5H,3H2,1-2H3,(H,10,13)(H,11,12). The lowest BCUT2D eigenvalue weighted by atomic mass is 9.97. The Morgan fingerprint density at radius 1 is 1.53 bits per heavy atom. The molecule has 0 fully saturated rings. The highest BCUT2D eigenvalue weighted by Gasteiger charge is 2.37. The van der Waals surface area contributed by atoms with Crippen LogP contribution in [0.15, 0.2) is 11.3 Å². The van der Waals surface area contributed by atoms with Crippen molar-refractivity contribution >= 4 is 17.8 Å². The molecule has 0 aromatic heterocycles. The van der Waals surface area contributed by atoms with E-state index in [-0.39, 0.29) is 5.57 Å².